The predicted molar refractivity (Wildman–Crippen MR) is 273 cm³/mol. The molecule has 4 heteroatoms. The normalized spacial score (nSPS) is 12.3. The Kier molecular flexibility index (Phi) is 12.4. The fraction of sp³-hybridized carbons (Fsp3) is 0.276. The van der Waals surface area contributed by atoms with E-state index in [1.165, 1.54) is 33.4 Å². The highest BCUT2D eigenvalue weighted by Gasteiger charge is 2.26. The van der Waals surface area contributed by atoms with E-state index in [0.717, 1.165) is 50.0 Å². The predicted octanol–water partition coefficient (Wildman–Crippen LogP) is 18.0. The standard InChI is InChI=1S/C58H64BrN3/c1-55(2,3)41-26-31-47(32-27-41)61(48-33-28-42(29-34-48)56(4,5)6)53-38-44(58(10,11)12)37-51(54(53)59)60-45-22-19-25-49(39-45)62(46-23-17-14-18-24-46)52-35-30-43(57(7,8)9)36-50(52)40-20-15-13-16-21-40/h13-39,60H,1-12H3. The molecule has 0 aliphatic rings. The molecule has 0 aliphatic heterocycles. The van der Waals surface area contributed by atoms with Gasteiger partial charge in [0, 0.05) is 34.0 Å². The summed E-state index contributed by atoms with van der Waals surface area (Å²) in [5, 5.41) is 3.91. The Labute approximate surface area is 381 Å². The number of anilines is 8. The monoisotopic (exact) mass is 881 g/mol. The van der Waals surface area contributed by atoms with Crippen molar-refractivity contribution in [2.45, 2.75) is 105 Å². The Morgan fingerprint density at radius 2 is 0.823 bits per heavy atom. The number of hydrogen-bond donors (Lipinski definition) is 1. The molecule has 0 amide bonds. The Morgan fingerprint density at radius 3 is 1.34 bits per heavy atom. The van der Waals surface area contributed by atoms with Gasteiger partial charge >= 0.3 is 0 Å². The van der Waals surface area contributed by atoms with Crippen molar-refractivity contribution in [1.82, 2.24) is 0 Å². The molecular weight excluding hydrogens is 819 g/mol. The summed E-state index contributed by atoms with van der Waals surface area (Å²) in [6.45, 7) is 27.3. The zero-order valence-electron chi connectivity index (χ0n) is 38.9. The van der Waals surface area contributed by atoms with Crippen molar-refractivity contribution in [2.24, 2.45) is 0 Å². The van der Waals surface area contributed by atoms with Gasteiger partial charge in [0.2, 0.25) is 0 Å². The minimum atomic E-state index is -0.122. The fourth-order valence-corrected chi connectivity index (χ4v) is 8.38. The molecule has 0 aromatic heterocycles. The second kappa shape index (κ2) is 17.3. The molecule has 0 atom stereocenters. The fourth-order valence-electron chi connectivity index (χ4n) is 7.87. The van der Waals surface area contributed by atoms with E-state index in [4.69, 9.17) is 0 Å². The first-order valence-corrected chi connectivity index (χ1v) is 22.8. The zero-order valence-corrected chi connectivity index (χ0v) is 40.4. The van der Waals surface area contributed by atoms with Crippen LogP contribution < -0.4 is 15.1 Å². The molecule has 7 aromatic carbocycles. The lowest BCUT2D eigenvalue weighted by atomic mass is 9.84. The van der Waals surface area contributed by atoms with Gasteiger partial charge in [-0.3, -0.25) is 0 Å². The van der Waals surface area contributed by atoms with Crippen molar-refractivity contribution in [2.75, 3.05) is 15.1 Å². The van der Waals surface area contributed by atoms with Crippen LogP contribution in [0.4, 0.5) is 45.5 Å². The van der Waals surface area contributed by atoms with Crippen molar-refractivity contribution in [1.29, 1.82) is 0 Å². The number of para-hydroxylation sites is 1. The van der Waals surface area contributed by atoms with Gasteiger partial charge in [0.25, 0.3) is 0 Å². The van der Waals surface area contributed by atoms with Crippen molar-refractivity contribution < 1.29 is 0 Å². The summed E-state index contributed by atoms with van der Waals surface area (Å²) in [6.07, 6.45) is 0. The van der Waals surface area contributed by atoms with Crippen LogP contribution in [0.5, 0.6) is 0 Å². The molecule has 318 valence electrons. The van der Waals surface area contributed by atoms with Gasteiger partial charge < -0.3 is 15.1 Å². The van der Waals surface area contributed by atoms with Gasteiger partial charge in [0.1, 0.15) is 0 Å². The SMILES string of the molecule is CC(C)(C)c1ccc(N(c2ccc(C(C)(C)C)cc2)c2cc(C(C)(C)C)cc(Nc3cccc(N(c4ccccc4)c4ccc(C(C)(C)C)cc4-c4ccccc4)c3)c2Br)cc1. The van der Waals surface area contributed by atoms with Crippen molar-refractivity contribution in [3.63, 3.8) is 0 Å². The summed E-state index contributed by atoms with van der Waals surface area (Å²) in [6, 6.07) is 60.0. The van der Waals surface area contributed by atoms with Crippen LogP contribution in [0.3, 0.4) is 0 Å². The molecule has 0 heterocycles. The molecule has 0 fully saturated rings. The van der Waals surface area contributed by atoms with E-state index in [1.54, 1.807) is 0 Å². The molecule has 7 rings (SSSR count). The maximum atomic E-state index is 4.19. The molecule has 0 unspecified atom stereocenters. The van der Waals surface area contributed by atoms with Gasteiger partial charge in [0.05, 0.1) is 21.5 Å². The topological polar surface area (TPSA) is 18.5 Å². The first-order valence-electron chi connectivity index (χ1n) is 22.0. The first kappa shape index (κ1) is 44.5. The lowest BCUT2D eigenvalue weighted by Crippen LogP contribution is -2.17. The third-order valence-corrected chi connectivity index (χ3v) is 12.6. The third kappa shape index (κ3) is 9.87. The van der Waals surface area contributed by atoms with Gasteiger partial charge in [-0.05, 0) is 144 Å². The van der Waals surface area contributed by atoms with Crippen LogP contribution in [0.15, 0.2) is 168 Å². The molecule has 0 saturated heterocycles. The van der Waals surface area contributed by atoms with E-state index in [0.29, 0.717) is 0 Å². The first-order chi connectivity index (χ1) is 29.2. The van der Waals surface area contributed by atoms with Crippen LogP contribution in [0.1, 0.15) is 105 Å². The number of benzene rings is 7. The number of nitrogens with one attached hydrogen (secondary N) is 1. The summed E-state index contributed by atoms with van der Waals surface area (Å²) in [7, 11) is 0. The van der Waals surface area contributed by atoms with Gasteiger partial charge in [-0.2, -0.15) is 0 Å². The number of nitrogens with zero attached hydrogens (tertiary/aromatic N) is 2. The largest absolute Gasteiger partial charge is 0.354 e. The highest BCUT2D eigenvalue weighted by molar-refractivity contribution is 9.10. The summed E-state index contributed by atoms with van der Waals surface area (Å²) < 4.78 is 0.986. The molecule has 3 nitrogen and oxygen atoms in total. The zero-order chi connectivity index (χ0) is 44.6. The molecule has 0 aliphatic carbocycles. The Balaban J connectivity index is 1.38. The van der Waals surface area contributed by atoms with Gasteiger partial charge in [-0.1, -0.05) is 168 Å². The van der Waals surface area contributed by atoms with E-state index in [-0.39, 0.29) is 21.7 Å². The van der Waals surface area contributed by atoms with Crippen LogP contribution in [0.25, 0.3) is 11.1 Å². The summed E-state index contributed by atoms with van der Waals surface area (Å²) >= 11 is 4.19. The highest BCUT2D eigenvalue weighted by Crippen LogP contribution is 2.47. The van der Waals surface area contributed by atoms with E-state index in [9.17, 15) is 0 Å². The smallest absolute Gasteiger partial charge is 0.0651 e. The van der Waals surface area contributed by atoms with Crippen LogP contribution in [0, 0.1) is 0 Å². The number of hydrogen-bond acceptors (Lipinski definition) is 3. The van der Waals surface area contributed by atoms with Crippen LogP contribution in [-0.2, 0) is 21.7 Å². The highest BCUT2D eigenvalue weighted by atomic mass is 79.9. The molecule has 0 bridgehead atoms. The van der Waals surface area contributed by atoms with E-state index in [1.807, 2.05) is 0 Å². The molecule has 0 radical (unpaired) electrons. The Morgan fingerprint density at radius 1 is 0.371 bits per heavy atom. The molecule has 1 N–H and O–H groups in total. The van der Waals surface area contributed by atoms with Gasteiger partial charge in [-0.15, -0.1) is 0 Å². The van der Waals surface area contributed by atoms with Crippen molar-refractivity contribution in [3.05, 3.63) is 191 Å². The number of halogens is 1. The third-order valence-electron chi connectivity index (χ3n) is 11.7. The van der Waals surface area contributed by atoms with E-state index >= 15 is 0 Å². The minimum absolute atomic E-state index is 0.00135. The van der Waals surface area contributed by atoms with Crippen molar-refractivity contribution in [3.8, 4) is 11.1 Å². The van der Waals surface area contributed by atoms with Crippen LogP contribution in [0.2, 0.25) is 0 Å². The second-order valence-corrected chi connectivity index (χ2v) is 21.5. The molecule has 62 heavy (non-hydrogen) atoms. The lowest BCUT2D eigenvalue weighted by Gasteiger charge is -2.32. The van der Waals surface area contributed by atoms with Crippen molar-refractivity contribution >= 4 is 61.4 Å². The van der Waals surface area contributed by atoms with Gasteiger partial charge in [-0.25, -0.2) is 0 Å². The summed E-state index contributed by atoms with van der Waals surface area (Å²) in [5.41, 5.74) is 16.0. The average molecular weight is 883 g/mol. The maximum absolute atomic E-state index is 4.19. The molecule has 0 saturated carbocycles. The van der Waals surface area contributed by atoms with E-state index < -0.39 is 0 Å². The molecule has 7 aromatic rings. The van der Waals surface area contributed by atoms with Crippen LogP contribution in [-0.4, -0.2) is 0 Å². The second-order valence-electron chi connectivity index (χ2n) is 20.7. The lowest BCUT2D eigenvalue weighted by molar-refractivity contribution is 0.589. The Hall–Kier alpha value is -5.58. The van der Waals surface area contributed by atoms with Crippen LogP contribution >= 0.6 is 15.9 Å². The molecule has 0 spiro atoms. The number of rotatable bonds is 9. The summed E-state index contributed by atoms with van der Waals surface area (Å²) in [4.78, 5) is 4.78. The minimum Gasteiger partial charge on any atom is -0.354 e. The summed E-state index contributed by atoms with van der Waals surface area (Å²) in [5.74, 6) is 0. The Bertz CT molecular complexity index is 2560. The quantitative estimate of drug-likeness (QED) is 0.156. The van der Waals surface area contributed by atoms with Gasteiger partial charge in [0.15, 0.2) is 0 Å². The van der Waals surface area contributed by atoms with E-state index in [2.05, 4.69) is 278 Å². The average Bonchev–Trinajstić information content (AvgIpc) is 3.22. The maximum Gasteiger partial charge on any atom is 0.0651 e. The molecular formula is C58H64BrN3.